The van der Waals surface area contributed by atoms with E-state index in [2.05, 4.69) is 111 Å². The zero-order valence-corrected chi connectivity index (χ0v) is 51.7. The van der Waals surface area contributed by atoms with Gasteiger partial charge < -0.3 is 33.3 Å². The Kier molecular flexibility index (Phi) is 57.4. The van der Waals surface area contributed by atoms with Crippen molar-refractivity contribution in [2.75, 3.05) is 47.5 Å². The van der Waals surface area contributed by atoms with Crippen molar-refractivity contribution in [2.24, 2.45) is 0 Å². The summed E-state index contributed by atoms with van der Waals surface area (Å²) in [4.78, 5) is 37.4. The summed E-state index contributed by atoms with van der Waals surface area (Å²) in [5.41, 5.74) is 0. The number of quaternary nitrogens is 1. The Morgan fingerprint density at radius 1 is 0.392 bits per heavy atom. The van der Waals surface area contributed by atoms with Crippen LogP contribution in [0.15, 0.2) is 97.2 Å². The number of unbranched alkanes of at least 4 members (excludes halogenated alkanes) is 28. The molecular formula is C70H121NO8. The van der Waals surface area contributed by atoms with Gasteiger partial charge in [-0.1, -0.05) is 259 Å². The summed E-state index contributed by atoms with van der Waals surface area (Å²) >= 11 is 0. The molecule has 0 aliphatic heterocycles. The molecule has 0 N–H and O–H groups in total. The molecule has 0 saturated heterocycles. The Labute approximate surface area is 486 Å². The normalized spacial score (nSPS) is 13.4. The van der Waals surface area contributed by atoms with Crippen LogP contribution in [-0.2, 0) is 33.3 Å². The van der Waals surface area contributed by atoms with E-state index in [1.807, 2.05) is 21.1 Å². The van der Waals surface area contributed by atoms with Crippen molar-refractivity contribution in [1.82, 2.24) is 0 Å². The molecule has 0 rings (SSSR count). The third-order valence-electron chi connectivity index (χ3n) is 13.8. The van der Waals surface area contributed by atoms with Crippen LogP contribution in [0.1, 0.15) is 271 Å². The first-order chi connectivity index (χ1) is 38.6. The number of hydrogen-bond donors (Lipinski definition) is 0. The molecule has 0 spiro atoms. The topological polar surface area (TPSA) is 111 Å². The van der Waals surface area contributed by atoms with Gasteiger partial charge in [-0.2, -0.15) is 0 Å². The Bertz CT molecular complexity index is 1620. The SMILES string of the molecule is CC/C=C\C/C=C\C/C=C\C/C=C\C/C=C\C/C=C\C/C=C\CCCCCCCCCCCCCCCCCC(=O)OC(COC(=O)CCCCCCCCC/C=C\CCCCCCCC)COC(OCC[N+](C)(C)C)C(=O)[O-]. The van der Waals surface area contributed by atoms with Crippen LogP contribution in [0.5, 0.6) is 0 Å². The molecule has 9 nitrogen and oxygen atoms in total. The van der Waals surface area contributed by atoms with Gasteiger partial charge in [0.1, 0.15) is 13.2 Å². The van der Waals surface area contributed by atoms with E-state index in [1.54, 1.807) is 0 Å². The number of esters is 2. The van der Waals surface area contributed by atoms with Crippen molar-refractivity contribution in [1.29, 1.82) is 0 Å². The van der Waals surface area contributed by atoms with E-state index < -0.39 is 24.3 Å². The van der Waals surface area contributed by atoms with Crippen LogP contribution in [0.25, 0.3) is 0 Å². The van der Waals surface area contributed by atoms with E-state index in [0.29, 0.717) is 17.4 Å². The first-order valence-corrected chi connectivity index (χ1v) is 32.4. The average Bonchev–Trinajstić information content (AvgIpc) is 3.42. The van der Waals surface area contributed by atoms with Gasteiger partial charge in [-0.25, -0.2) is 0 Å². The minimum atomic E-state index is -1.63. The minimum Gasteiger partial charge on any atom is -0.545 e. The number of carbonyl (C=O) groups excluding carboxylic acids is 3. The number of likely N-dealkylation sites (N-methyl/N-ethyl adjacent to an activating group) is 1. The van der Waals surface area contributed by atoms with Crippen LogP contribution in [-0.4, -0.2) is 82.3 Å². The van der Waals surface area contributed by atoms with E-state index in [-0.39, 0.29) is 38.6 Å². The van der Waals surface area contributed by atoms with Crippen LogP contribution in [0.4, 0.5) is 0 Å². The van der Waals surface area contributed by atoms with Gasteiger partial charge in [-0.15, -0.1) is 0 Å². The lowest BCUT2D eigenvalue weighted by atomic mass is 10.0. The molecule has 0 bridgehead atoms. The number of aliphatic carboxylic acids is 1. The van der Waals surface area contributed by atoms with Gasteiger partial charge >= 0.3 is 11.9 Å². The number of rotatable bonds is 59. The first-order valence-electron chi connectivity index (χ1n) is 32.4. The first kappa shape index (κ1) is 75.2. The maximum atomic E-state index is 12.9. The second kappa shape index (κ2) is 60.3. The van der Waals surface area contributed by atoms with Gasteiger partial charge in [0.15, 0.2) is 12.4 Å². The van der Waals surface area contributed by atoms with Crippen LogP contribution in [0.2, 0.25) is 0 Å². The molecule has 0 radical (unpaired) electrons. The summed E-state index contributed by atoms with van der Waals surface area (Å²) in [6.07, 6.45) is 79.0. The molecule has 79 heavy (non-hydrogen) atoms. The molecule has 0 aromatic rings. The van der Waals surface area contributed by atoms with Gasteiger partial charge in [0.05, 0.1) is 40.3 Å². The van der Waals surface area contributed by atoms with E-state index >= 15 is 0 Å². The number of nitrogens with zero attached hydrogens (tertiary/aromatic N) is 1. The number of allylic oxidation sites excluding steroid dienone is 16. The van der Waals surface area contributed by atoms with Crippen molar-refractivity contribution in [2.45, 2.75) is 283 Å². The van der Waals surface area contributed by atoms with Crippen LogP contribution in [0, 0.1) is 0 Å². The number of carbonyl (C=O) groups is 3. The van der Waals surface area contributed by atoms with Gasteiger partial charge in [0, 0.05) is 12.8 Å². The second-order valence-corrected chi connectivity index (χ2v) is 22.7. The third kappa shape index (κ3) is 61.7. The molecule has 9 heteroatoms. The van der Waals surface area contributed by atoms with E-state index in [9.17, 15) is 19.5 Å². The second-order valence-electron chi connectivity index (χ2n) is 22.7. The highest BCUT2D eigenvalue weighted by molar-refractivity contribution is 5.70. The Balaban J connectivity index is 4.10. The van der Waals surface area contributed by atoms with Crippen molar-refractivity contribution >= 4 is 17.9 Å². The van der Waals surface area contributed by atoms with Crippen molar-refractivity contribution in [3.63, 3.8) is 0 Å². The average molecular weight is 1100 g/mol. The smallest absolute Gasteiger partial charge is 0.306 e. The van der Waals surface area contributed by atoms with Crippen LogP contribution >= 0.6 is 0 Å². The highest BCUT2D eigenvalue weighted by Gasteiger charge is 2.22. The lowest BCUT2D eigenvalue weighted by Gasteiger charge is -2.26. The van der Waals surface area contributed by atoms with E-state index in [0.717, 1.165) is 96.3 Å². The predicted octanol–water partition coefficient (Wildman–Crippen LogP) is 18.4. The molecule has 0 aliphatic rings. The summed E-state index contributed by atoms with van der Waals surface area (Å²) in [6.45, 7) is 4.64. The monoisotopic (exact) mass is 1100 g/mol. The molecule has 2 atom stereocenters. The summed E-state index contributed by atoms with van der Waals surface area (Å²) in [5.74, 6) is -2.28. The standard InChI is InChI=1S/C70H121NO8/c1-6-8-10-12-14-16-18-20-22-24-25-26-27-28-29-30-31-32-33-34-35-36-37-38-39-40-41-42-43-45-47-49-51-53-55-57-59-61-68(73)79-66(65-78-70(69(74)75)76-63-62-71(3,4)5)64-77-67(72)60-58-56-54-52-50-48-46-44-23-21-19-17-15-13-11-9-7-2/h8,10,14,16,20-23,25-26,28-29,31-32,34-35,66,70H,6-7,9,11-13,15,17-19,24,27,30,33,36-65H2,1-5H3/b10-8-,16-14-,22-20-,23-21-,26-25-,29-28-,32-31-,35-34-. The lowest BCUT2D eigenvalue weighted by molar-refractivity contribution is -0.870. The van der Waals surface area contributed by atoms with Gasteiger partial charge in [-0.05, 0) is 96.3 Å². The fourth-order valence-electron chi connectivity index (χ4n) is 8.87. The number of ether oxygens (including phenoxy) is 4. The molecule has 2 unspecified atom stereocenters. The molecule has 0 aromatic heterocycles. The zero-order chi connectivity index (χ0) is 57.6. The van der Waals surface area contributed by atoms with Crippen LogP contribution in [0.3, 0.4) is 0 Å². The highest BCUT2D eigenvalue weighted by atomic mass is 16.7. The van der Waals surface area contributed by atoms with Crippen molar-refractivity contribution < 1.29 is 42.9 Å². The van der Waals surface area contributed by atoms with E-state index in [1.165, 1.54) is 141 Å². The van der Waals surface area contributed by atoms with Gasteiger partial charge in [0.25, 0.3) is 0 Å². The summed E-state index contributed by atoms with van der Waals surface area (Å²) in [5, 5.41) is 11.8. The highest BCUT2D eigenvalue weighted by Crippen LogP contribution is 2.16. The zero-order valence-electron chi connectivity index (χ0n) is 51.7. The fourth-order valence-corrected chi connectivity index (χ4v) is 8.87. The summed E-state index contributed by atoms with van der Waals surface area (Å²) in [6, 6.07) is 0. The van der Waals surface area contributed by atoms with Gasteiger partial charge in [0.2, 0.25) is 0 Å². The van der Waals surface area contributed by atoms with Crippen LogP contribution < -0.4 is 5.11 Å². The summed E-state index contributed by atoms with van der Waals surface area (Å²) in [7, 11) is 5.92. The Morgan fingerprint density at radius 2 is 0.722 bits per heavy atom. The molecule has 0 aromatic carbocycles. The maximum Gasteiger partial charge on any atom is 0.306 e. The predicted molar refractivity (Wildman–Crippen MR) is 334 cm³/mol. The third-order valence-corrected chi connectivity index (χ3v) is 13.8. The molecular weight excluding hydrogens is 983 g/mol. The fraction of sp³-hybridized carbons (Fsp3) is 0.729. The number of carboxylic acids is 1. The van der Waals surface area contributed by atoms with Crippen molar-refractivity contribution in [3.8, 4) is 0 Å². The molecule has 0 heterocycles. The molecule has 0 amide bonds. The number of carboxylic acid groups (broad SMARTS) is 1. The largest absolute Gasteiger partial charge is 0.545 e. The quantitative estimate of drug-likeness (QED) is 0.0195. The maximum absolute atomic E-state index is 12.9. The molecule has 0 aliphatic carbocycles. The lowest BCUT2D eigenvalue weighted by Crippen LogP contribution is -2.44. The summed E-state index contributed by atoms with van der Waals surface area (Å²) < 4.78 is 22.7. The Morgan fingerprint density at radius 3 is 1.09 bits per heavy atom. The Hall–Kier alpha value is -3.79. The minimum absolute atomic E-state index is 0.145. The van der Waals surface area contributed by atoms with E-state index in [4.69, 9.17) is 18.9 Å². The molecule has 0 fully saturated rings. The molecule has 0 saturated carbocycles. The van der Waals surface area contributed by atoms with Gasteiger partial charge in [-0.3, -0.25) is 9.59 Å². The number of hydrogen-bond acceptors (Lipinski definition) is 8. The van der Waals surface area contributed by atoms with Crippen molar-refractivity contribution in [3.05, 3.63) is 97.2 Å². The molecule has 454 valence electrons.